The van der Waals surface area contributed by atoms with E-state index in [2.05, 4.69) is 4.84 Å². The molecule has 0 aromatic heterocycles. The number of hydrogen-bond acceptors (Lipinski definition) is 8. The number of carboxylic acid groups (broad SMARTS) is 1. The van der Waals surface area contributed by atoms with Crippen LogP contribution in [0.4, 0.5) is 0 Å². The van der Waals surface area contributed by atoms with E-state index in [4.69, 9.17) is 5.11 Å². The molecule has 0 aromatic rings. The molecule has 2 N–H and O–H groups in total. The van der Waals surface area contributed by atoms with Crippen LogP contribution in [0, 0.1) is 0 Å². The van der Waals surface area contributed by atoms with E-state index < -0.39 is 41.3 Å². The second-order valence-electron chi connectivity index (χ2n) is 4.56. The van der Waals surface area contributed by atoms with Crippen LogP contribution in [0.1, 0.15) is 25.7 Å². The Kier molecular flexibility index (Phi) is 3.67. The maximum absolute atomic E-state index is 11.9. The van der Waals surface area contributed by atoms with Gasteiger partial charge in [0, 0.05) is 25.7 Å². The molecule has 2 aliphatic heterocycles. The number of amides is 4. The van der Waals surface area contributed by atoms with Gasteiger partial charge in [-0.1, -0.05) is 0 Å². The Balaban J connectivity index is 2.31. The van der Waals surface area contributed by atoms with Crippen LogP contribution in [0.2, 0.25) is 0 Å². The number of nitrogens with zero attached hydrogens (tertiary/aromatic N) is 2. The Morgan fingerprint density at radius 1 is 0.909 bits per heavy atom. The Morgan fingerprint density at radius 2 is 1.32 bits per heavy atom. The summed E-state index contributed by atoms with van der Waals surface area (Å²) < 4.78 is 0. The van der Waals surface area contributed by atoms with Crippen LogP contribution >= 0.6 is 0 Å². The Labute approximate surface area is 122 Å². The summed E-state index contributed by atoms with van der Waals surface area (Å²) in [5.74, 6) is -8.26. The van der Waals surface area contributed by atoms with Gasteiger partial charge in [0.15, 0.2) is 0 Å². The number of hydroxylamine groups is 2. The van der Waals surface area contributed by atoms with E-state index in [1.165, 1.54) is 0 Å². The first-order chi connectivity index (χ1) is 10.2. The quantitative estimate of drug-likeness (QED) is 0.423. The normalized spacial score (nSPS) is 21.3. The van der Waals surface area contributed by atoms with Gasteiger partial charge in [-0.05, 0) is 0 Å². The fourth-order valence-electron chi connectivity index (χ4n) is 2.02. The van der Waals surface area contributed by atoms with Gasteiger partial charge in [0.1, 0.15) is 0 Å². The first-order valence-electron chi connectivity index (χ1n) is 6.09. The predicted octanol–water partition coefficient (Wildman–Crippen LogP) is -2.48. The highest BCUT2D eigenvalue weighted by molar-refractivity contribution is 6.14. The third-order valence-electron chi connectivity index (χ3n) is 3.14. The molecule has 22 heavy (non-hydrogen) atoms. The van der Waals surface area contributed by atoms with Crippen molar-refractivity contribution in [3.63, 3.8) is 0 Å². The van der Waals surface area contributed by atoms with Gasteiger partial charge in [-0.2, -0.15) is 0 Å². The molecule has 2 saturated heterocycles. The third kappa shape index (κ3) is 2.20. The van der Waals surface area contributed by atoms with Gasteiger partial charge < -0.3 is 15.1 Å². The third-order valence-corrected chi connectivity index (χ3v) is 3.14. The van der Waals surface area contributed by atoms with Crippen LogP contribution in [0.15, 0.2) is 0 Å². The van der Waals surface area contributed by atoms with E-state index in [1.54, 1.807) is 0 Å². The molecule has 118 valence electrons. The number of hydrogen-bond donors (Lipinski definition) is 2. The van der Waals surface area contributed by atoms with Crippen molar-refractivity contribution in [3.8, 4) is 0 Å². The molecule has 2 rings (SSSR count). The summed E-state index contributed by atoms with van der Waals surface area (Å²) >= 11 is 0. The Hall–Kier alpha value is -2.82. The van der Waals surface area contributed by atoms with Crippen molar-refractivity contribution < 1.29 is 43.8 Å². The second-order valence-corrected chi connectivity index (χ2v) is 4.56. The van der Waals surface area contributed by atoms with Gasteiger partial charge in [-0.15, -0.1) is 5.06 Å². The van der Waals surface area contributed by atoms with Crippen molar-refractivity contribution >= 4 is 35.6 Å². The molecular formula is C11H10N2O9. The minimum absolute atomic E-state index is 0.00126. The van der Waals surface area contributed by atoms with Crippen LogP contribution in [0.25, 0.3) is 0 Å². The van der Waals surface area contributed by atoms with Crippen LogP contribution < -0.4 is 0 Å². The molecular weight excluding hydrogens is 304 g/mol. The summed E-state index contributed by atoms with van der Waals surface area (Å²) in [7, 11) is 0. The van der Waals surface area contributed by atoms with Crippen molar-refractivity contribution in [2.24, 2.45) is 0 Å². The standard InChI is InChI=1S/C11H10N2O9/c14-5-1-2-6(15)12(5)11(21,9(18)19)10(20)22-13-7(16)3-4-8(13)17/h21H,1-4H2,(H,18,19). The first-order valence-corrected chi connectivity index (χ1v) is 6.09. The summed E-state index contributed by atoms with van der Waals surface area (Å²) in [5.41, 5.74) is -3.65. The average molecular weight is 314 g/mol. The SMILES string of the molecule is O=C1CCC(=O)N1OC(=O)C(O)(C(=O)O)N1C(=O)CCC1=O. The maximum Gasteiger partial charge on any atom is 0.398 e. The first kappa shape index (κ1) is 15.6. The summed E-state index contributed by atoms with van der Waals surface area (Å²) in [4.78, 5) is 72.9. The molecule has 0 aromatic carbocycles. The lowest BCUT2D eigenvalue weighted by Crippen LogP contribution is -2.63. The number of carbonyl (C=O) groups excluding carboxylic acids is 5. The molecule has 0 aliphatic carbocycles. The number of imide groups is 2. The van der Waals surface area contributed by atoms with E-state index in [9.17, 15) is 33.9 Å². The van der Waals surface area contributed by atoms with Gasteiger partial charge in [-0.3, -0.25) is 19.2 Å². The maximum atomic E-state index is 11.9. The molecule has 1 unspecified atom stereocenters. The van der Waals surface area contributed by atoms with Crippen LogP contribution in [-0.2, 0) is 33.6 Å². The monoisotopic (exact) mass is 314 g/mol. The molecule has 2 aliphatic rings. The van der Waals surface area contributed by atoms with E-state index in [-0.39, 0.29) is 35.6 Å². The predicted molar refractivity (Wildman–Crippen MR) is 60.9 cm³/mol. The molecule has 11 nitrogen and oxygen atoms in total. The van der Waals surface area contributed by atoms with E-state index in [0.29, 0.717) is 0 Å². The summed E-state index contributed by atoms with van der Waals surface area (Å²) in [6, 6.07) is 0. The van der Waals surface area contributed by atoms with Gasteiger partial charge in [0.2, 0.25) is 11.8 Å². The zero-order valence-corrected chi connectivity index (χ0v) is 11.0. The number of carbonyl (C=O) groups is 6. The fourth-order valence-corrected chi connectivity index (χ4v) is 2.02. The van der Waals surface area contributed by atoms with Crippen molar-refractivity contribution in [2.75, 3.05) is 0 Å². The minimum atomic E-state index is -3.65. The van der Waals surface area contributed by atoms with Gasteiger partial charge >= 0.3 is 17.7 Å². The lowest BCUT2D eigenvalue weighted by molar-refractivity contribution is -0.227. The van der Waals surface area contributed by atoms with Gasteiger partial charge in [0.25, 0.3) is 11.8 Å². The van der Waals surface area contributed by atoms with E-state index in [1.807, 2.05) is 0 Å². The number of likely N-dealkylation sites (tertiary alicyclic amines) is 1. The lowest BCUT2D eigenvalue weighted by Gasteiger charge is -2.29. The van der Waals surface area contributed by atoms with Crippen LogP contribution in [-0.4, -0.2) is 61.5 Å². The number of aliphatic carboxylic acids is 1. The Bertz CT molecular complexity index is 581. The molecule has 11 heteroatoms. The van der Waals surface area contributed by atoms with Crippen LogP contribution in [0.3, 0.4) is 0 Å². The largest absolute Gasteiger partial charge is 0.477 e. The Morgan fingerprint density at radius 3 is 1.73 bits per heavy atom. The molecule has 0 radical (unpaired) electrons. The zero-order chi connectivity index (χ0) is 16.7. The number of aliphatic hydroxyl groups is 1. The second kappa shape index (κ2) is 5.18. The zero-order valence-electron chi connectivity index (χ0n) is 11.0. The van der Waals surface area contributed by atoms with Gasteiger partial charge in [0.05, 0.1) is 0 Å². The molecule has 0 spiro atoms. The topological polar surface area (TPSA) is 159 Å². The van der Waals surface area contributed by atoms with E-state index >= 15 is 0 Å². The molecule has 1 atom stereocenters. The highest BCUT2D eigenvalue weighted by Gasteiger charge is 2.59. The van der Waals surface area contributed by atoms with E-state index in [0.717, 1.165) is 0 Å². The van der Waals surface area contributed by atoms with Gasteiger partial charge in [-0.25, -0.2) is 14.5 Å². The summed E-state index contributed by atoms with van der Waals surface area (Å²) in [6.07, 6.45) is -1.27. The van der Waals surface area contributed by atoms with Crippen molar-refractivity contribution in [3.05, 3.63) is 0 Å². The number of carboxylic acids is 1. The van der Waals surface area contributed by atoms with Crippen molar-refractivity contribution in [2.45, 2.75) is 31.4 Å². The summed E-state index contributed by atoms with van der Waals surface area (Å²) in [6.45, 7) is 0. The van der Waals surface area contributed by atoms with Crippen molar-refractivity contribution in [1.29, 1.82) is 0 Å². The molecule has 0 bridgehead atoms. The molecule has 2 heterocycles. The summed E-state index contributed by atoms with van der Waals surface area (Å²) in [5, 5.41) is 19.0. The average Bonchev–Trinajstić information content (AvgIpc) is 2.94. The number of rotatable bonds is 4. The smallest absolute Gasteiger partial charge is 0.398 e. The highest BCUT2D eigenvalue weighted by atomic mass is 16.7. The highest BCUT2D eigenvalue weighted by Crippen LogP contribution is 2.25. The minimum Gasteiger partial charge on any atom is -0.477 e. The molecule has 4 amide bonds. The van der Waals surface area contributed by atoms with Crippen LogP contribution in [0.5, 0.6) is 0 Å². The van der Waals surface area contributed by atoms with Crippen molar-refractivity contribution in [1.82, 2.24) is 9.96 Å². The molecule has 2 fully saturated rings. The lowest BCUT2D eigenvalue weighted by atomic mass is 10.2. The molecule has 0 saturated carbocycles. The fraction of sp³-hybridized carbons (Fsp3) is 0.455.